The van der Waals surface area contributed by atoms with Gasteiger partial charge in [0.2, 0.25) is 5.88 Å². The summed E-state index contributed by atoms with van der Waals surface area (Å²) >= 11 is 0. The van der Waals surface area contributed by atoms with Gasteiger partial charge in [-0.05, 0) is 44.1 Å². The molecule has 18 heavy (non-hydrogen) atoms. The third-order valence-corrected chi connectivity index (χ3v) is 3.97. The molecule has 1 aromatic rings. The van der Waals surface area contributed by atoms with E-state index < -0.39 is 0 Å². The Morgan fingerprint density at radius 1 is 1.28 bits per heavy atom. The maximum absolute atomic E-state index is 5.42. The molecule has 0 spiro atoms. The summed E-state index contributed by atoms with van der Waals surface area (Å²) in [5.74, 6) is 3.30. The van der Waals surface area contributed by atoms with Crippen molar-refractivity contribution in [1.29, 1.82) is 0 Å². The first-order valence-electron chi connectivity index (χ1n) is 7.05. The molecule has 3 unspecified atom stereocenters. The summed E-state index contributed by atoms with van der Waals surface area (Å²) in [4.78, 5) is 4.47. The minimum atomic E-state index is 0.556. The lowest BCUT2D eigenvalue weighted by atomic mass is 9.79. The van der Waals surface area contributed by atoms with Crippen molar-refractivity contribution in [1.82, 2.24) is 4.98 Å². The van der Waals surface area contributed by atoms with Gasteiger partial charge in [-0.25, -0.2) is 0 Å². The van der Waals surface area contributed by atoms with Crippen LogP contribution in [0.25, 0.3) is 0 Å². The predicted molar refractivity (Wildman–Crippen MR) is 75.0 cm³/mol. The van der Waals surface area contributed by atoms with E-state index in [1.807, 2.05) is 25.1 Å². The van der Waals surface area contributed by atoms with Crippen molar-refractivity contribution in [2.75, 3.05) is 11.9 Å². The lowest BCUT2D eigenvalue weighted by Gasteiger charge is -2.32. The van der Waals surface area contributed by atoms with Crippen molar-refractivity contribution in [2.45, 2.75) is 46.1 Å². The van der Waals surface area contributed by atoms with E-state index in [9.17, 15) is 0 Å². The highest BCUT2D eigenvalue weighted by Gasteiger charge is 2.24. The van der Waals surface area contributed by atoms with E-state index in [-0.39, 0.29) is 0 Å². The van der Waals surface area contributed by atoms with Gasteiger partial charge >= 0.3 is 0 Å². The largest absolute Gasteiger partial charge is 0.478 e. The molecule has 1 heterocycles. The molecule has 1 fully saturated rings. The predicted octanol–water partition coefficient (Wildman–Crippen LogP) is 3.72. The lowest BCUT2D eigenvalue weighted by molar-refractivity contribution is 0.260. The van der Waals surface area contributed by atoms with E-state index in [1.165, 1.54) is 19.3 Å². The smallest absolute Gasteiger partial charge is 0.215 e. The molecule has 1 aliphatic rings. The van der Waals surface area contributed by atoms with Crippen molar-refractivity contribution in [3.63, 3.8) is 0 Å². The first-order chi connectivity index (χ1) is 8.69. The molecule has 3 nitrogen and oxygen atoms in total. The Hall–Kier alpha value is -1.25. The summed E-state index contributed by atoms with van der Waals surface area (Å²) in [6.07, 6.45) is 3.79. The van der Waals surface area contributed by atoms with Crippen LogP contribution in [-0.2, 0) is 0 Å². The van der Waals surface area contributed by atoms with Crippen LogP contribution in [0.5, 0.6) is 5.88 Å². The number of hydrogen-bond acceptors (Lipinski definition) is 3. The molecule has 1 aliphatic carbocycles. The molecular formula is C15H24N2O. The van der Waals surface area contributed by atoms with Crippen molar-refractivity contribution in [3.8, 4) is 5.88 Å². The van der Waals surface area contributed by atoms with Gasteiger partial charge in [-0.3, -0.25) is 0 Å². The van der Waals surface area contributed by atoms with Crippen LogP contribution in [0.2, 0.25) is 0 Å². The Morgan fingerprint density at radius 3 is 2.83 bits per heavy atom. The van der Waals surface area contributed by atoms with E-state index in [2.05, 4.69) is 24.1 Å². The molecule has 0 aromatic carbocycles. The quantitative estimate of drug-likeness (QED) is 0.882. The number of hydrogen-bond donors (Lipinski definition) is 1. The average Bonchev–Trinajstić information content (AvgIpc) is 2.35. The number of anilines is 1. The van der Waals surface area contributed by atoms with Crippen LogP contribution in [0.15, 0.2) is 18.2 Å². The molecule has 100 valence electrons. The Labute approximate surface area is 110 Å². The topological polar surface area (TPSA) is 34.1 Å². The fraction of sp³-hybridized carbons (Fsp3) is 0.667. The Bertz CT molecular complexity index is 381. The molecule has 2 rings (SSSR count). The molecule has 1 aromatic heterocycles. The van der Waals surface area contributed by atoms with Gasteiger partial charge in [0.05, 0.1) is 6.61 Å². The Balaban J connectivity index is 1.94. The lowest BCUT2D eigenvalue weighted by Crippen LogP contribution is -2.30. The second kappa shape index (κ2) is 6.07. The molecular weight excluding hydrogens is 224 g/mol. The molecule has 0 saturated heterocycles. The summed E-state index contributed by atoms with van der Waals surface area (Å²) in [6.45, 7) is 7.35. The van der Waals surface area contributed by atoms with E-state index in [4.69, 9.17) is 4.74 Å². The summed E-state index contributed by atoms with van der Waals surface area (Å²) in [6, 6.07) is 6.47. The van der Waals surface area contributed by atoms with E-state index in [1.54, 1.807) is 0 Å². The number of pyridine rings is 1. The van der Waals surface area contributed by atoms with Gasteiger partial charge in [0.25, 0.3) is 0 Å². The SMILES string of the molecule is CCOc1cccc(NC2CCC(C)C(C)C2)n1. The first-order valence-corrected chi connectivity index (χ1v) is 7.05. The highest BCUT2D eigenvalue weighted by atomic mass is 16.5. The number of nitrogens with one attached hydrogen (secondary N) is 1. The third-order valence-electron chi connectivity index (χ3n) is 3.97. The second-order valence-electron chi connectivity index (χ2n) is 5.40. The normalized spacial score (nSPS) is 27.8. The molecule has 1 saturated carbocycles. The summed E-state index contributed by atoms with van der Waals surface area (Å²) < 4.78 is 5.42. The number of nitrogens with zero attached hydrogens (tertiary/aromatic N) is 1. The standard InChI is InChI=1S/C15H24N2O/c1-4-18-15-7-5-6-14(17-15)16-13-9-8-11(2)12(3)10-13/h5-7,11-13H,4,8-10H2,1-3H3,(H,16,17). The maximum atomic E-state index is 5.42. The van der Waals surface area contributed by atoms with Gasteiger partial charge in [-0.1, -0.05) is 19.9 Å². The number of ether oxygens (including phenoxy) is 1. The fourth-order valence-electron chi connectivity index (χ4n) is 2.61. The van der Waals surface area contributed by atoms with Crippen LogP contribution in [-0.4, -0.2) is 17.6 Å². The van der Waals surface area contributed by atoms with Crippen molar-refractivity contribution in [2.24, 2.45) is 11.8 Å². The van der Waals surface area contributed by atoms with E-state index >= 15 is 0 Å². The molecule has 3 heteroatoms. The zero-order valence-electron chi connectivity index (χ0n) is 11.6. The van der Waals surface area contributed by atoms with Gasteiger partial charge in [0, 0.05) is 12.1 Å². The van der Waals surface area contributed by atoms with Crippen LogP contribution >= 0.6 is 0 Å². The highest BCUT2D eigenvalue weighted by molar-refractivity contribution is 5.38. The van der Waals surface area contributed by atoms with Gasteiger partial charge < -0.3 is 10.1 Å². The Kier molecular flexibility index (Phi) is 4.45. The minimum Gasteiger partial charge on any atom is -0.478 e. The number of aromatic nitrogens is 1. The summed E-state index contributed by atoms with van der Waals surface area (Å²) in [5, 5.41) is 3.54. The third kappa shape index (κ3) is 3.37. The molecule has 0 radical (unpaired) electrons. The van der Waals surface area contributed by atoms with E-state index in [0.29, 0.717) is 18.5 Å². The van der Waals surface area contributed by atoms with E-state index in [0.717, 1.165) is 17.7 Å². The number of rotatable bonds is 4. The average molecular weight is 248 g/mol. The fourth-order valence-corrected chi connectivity index (χ4v) is 2.61. The maximum Gasteiger partial charge on any atom is 0.215 e. The van der Waals surface area contributed by atoms with Crippen LogP contribution in [0.4, 0.5) is 5.82 Å². The zero-order chi connectivity index (χ0) is 13.0. The van der Waals surface area contributed by atoms with Crippen molar-refractivity contribution < 1.29 is 4.74 Å². The monoisotopic (exact) mass is 248 g/mol. The van der Waals surface area contributed by atoms with Gasteiger partial charge in [0.1, 0.15) is 5.82 Å². The molecule has 0 bridgehead atoms. The second-order valence-corrected chi connectivity index (χ2v) is 5.40. The first kappa shape index (κ1) is 13.2. The van der Waals surface area contributed by atoms with Crippen LogP contribution in [0.1, 0.15) is 40.0 Å². The molecule has 0 aliphatic heterocycles. The highest BCUT2D eigenvalue weighted by Crippen LogP contribution is 2.30. The van der Waals surface area contributed by atoms with Crippen molar-refractivity contribution >= 4 is 5.82 Å². The summed E-state index contributed by atoms with van der Waals surface area (Å²) in [7, 11) is 0. The van der Waals surface area contributed by atoms with Crippen LogP contribution < -0.4 is 10.1 Å². The van der Waals surface area contributed by atoms with Crippen LogP contribution in [0.3, 0.4) is 0 Å². The minimum absolute atomic E-state index is 0.556. The molecule has 3 atom stereocenters. The zero-order valence-corrected chi connectivity index (χ0v) is 11.6. The Morgan fingerprint density at radius 2 is 2.11 bits per heavy atom. The van der Waals surface area contributed by atoms with Gasteiger partial charge in [-0.2, -0.15) is 4.98 Å². The van der Waals surface area contributed by atoms with Gasteiger partial charge in [0.15, 0.2) is 0 Å². The van der Waals surface area contributed by atoms with Crippen molar-refractivity contribution in [3.05, 3.63) is 18.2 Å². The summed E-state index contributed by atoms with van der Waals surface area (Å²) in [5.41, 5.74) is 0. The molecule has 1 N–H and O–H groups in total. The van der Waals surface area contributed by atoms with Gasteiger partial charge in [-0.15, -0.1) is 0 Å². The molecule has 0 amide bonds. The van der Waals surface area contributed by atoms with Crippen LogP contribution in [0, 0.1) is 11.8 Å².